The lowest BCUT2D eigenvalue weighted by atomic mass is 10.1. The average Bonchev–Trinajstić information content (AvgIpc) is 2.49. The lowest BCUT2D eigenvalue weighted by molar-refractivity contribution is 0.0562. The minimum atomic E-state index is -0.621. The zero-order valence-electron chi connectivity index (χ0n) is 13.6. The summed E-state index contributed by atoms with van der Waals surface area (Å²) >= 11 is 5.86. The molecule has 0 aliphatic carbocycles. The molecule has 1 rings (SSSR count). The Bertz CT molecular complexity index is 523. The molecule has 1 atom stereocenters. The Kier molecular flexibility index (Phi) is 8.21. The molecule has 0 aliphatic heterocycles. The van der Waals surface area contributed by atoms with Crippen molar-refractivity contribution in [3.05, 3.63) is 40.4 Å². The van der Waals surface area contributed by atoms with Crippen molar-refractivity contribution in [1.82, 2.24) is 0 Å². The van der Waals surface area contributed by atoms with Crippen LogP contribution in [0.15, 0.2) is 29.8 Å². The highest BCUT2D eigenvalue weighted by atomic mass is 35.5. The first kappa shape index (κ1) is 18.7. The van der Waals surface area contributed by atoms with Gasteiger partial charge in [-0.05, 0) is 44.9 Å². The Hall–Kier alpha value is -1.32. The van der Waals surface area contributed by atoms with Crippen molar-refractivity contribution < 1.29 is 14.6 Å². The van der Waals surface area contributed by atoms with Crippen LogP contribution in [0.3, 0.4) is 0 Å². The molecular formula is C18H25ClO3. The summed E-state index contributed by atoms with van der Waals surface area (Å²) in [7, 11) is 0. The van der Waals surface area contributed by atoms with E-state index in [-0.39, 0.29) is 17.1 Å². The fourth-order valence-electron chi connectivity index (χ4n) is 2.09. The summed E-state index contributed by atoms with van der Waals surface area (Å²) in [6.07, 6.45) is 6.08. The summed E-state index contributed by atoms with van der Waals surface area (Å²) in [5.41, 5.74) is 1.47. The molecule has 0 radical (unpaired) electrons. The Morgan fingerprint density at radius 2 is 2.14 bits per heavy atom. The van der Waals surface area contributed by atoms with Gasteiger partial charge in [0.05, 0.1) is 12.2 Å². The first-order valence-electron chi connectivity index (χ1n) is 7.75. The van der Waals surface area contributed by atoms with Crippen molar-refractivity contribution in [2.24, 2.45) is 0 Å². The number of phenolic OH excluding ortho intramolecular Hbond substituents is 1. The molecule has 0 saturated heterocycles. The number of benzene rings is 1. The molecule has 3 nitrogen and oxygen atoms in total. The van der Waals surface area contributed by atoms with Crippen molar-refractivity contribution in [3.63, 3.8) is 0 Å². The Balaban J connectivity index is 2.51. The Labute approximate surface area is 137 Å². The maximum Gasteiger partial charge on any atom is 0.195 e. The smallest absolute Gasteiger partial charge is 0.195 e. The van der Waals surface area contributed by atoms with E-state index in [1.165, 1.54) is 37.0 Å². The van der Waals surface area contributed by atoms with Crippen molar-refractivity contribution in [1.29, 1.82) is 0 Å². The van der Waals surface area contributed by atoms with E-state index in [9.17, 15) is 9.90 Å². The molecule has 0 aromatic heterocycles. The second-order valence-electron chi connectivity index (χ2n) is 5.51. The monoisotopic (exact) mass is 324 g/mol. The number of phenols is 1. The predicted octanol–water partition coefficient (Wildman–Crippen LogP) is 5.16. The zero-order valence-corrected chi connectivity index (χ0v) is 14.3. The van der Waals surface area contributed by atoms with Gasteiger partial charge in [-0.25, -0.2) is 0 Å². The number of aromatic hydroxyl groups is 1. The summed E-state index contributed by atoms with van der Waals surface area (Å²) in [5.74, 6) is -0.340. The van der Waals surface area contributed by atoms with E-state index >= 15 is 0 Å². The van der Waals surface area contributed by atoms with Gasteiger partial charge in [0, 0.05) is 5.02 Å². The van der Waals surface area contributed by atoms with Crippen molar-refractivity contribution in [2.75, 3.05) is 6.61 Å². The van der Waals surface area contributed by atoms with Crippen LogP contribution in [-0.2, 0) is 4.74 Å². The lowest BCUT2D eigenvalue weighted by Gasteiger charge is -2.12. The third kappa shape index (κ3) is 6.20. The number of ether oxygens (including phenoxy) is 1. The molecule has 0 bridgehead atoms. The molecule has 0 saturated carbocycles. The van der Waals surface area contributed by atoms with Gasteiger partial charge >= 0.3 is 0 Å². The molecule has 1 aromatic rings. The van der Waals surface area contributed by atoms with Gasteiger partial charge < -0.3 is 9.84 Å². The highest BCUT2D eigenvalue weighted by molar-refractivity contribution is 6.31. The van der Waals surface area contributed by atoms with Gasteiger partial charge in [-0.1, -0.05) is 43.0 Å². The molecule has 0 amide bonds. The minimum Gasteiger partial charge on any atom is -0.507 e. The number of allylic oxidation sites excluding steroid dienone is 1. The maximum absolute atomic E-state index is 12.2. The van der Waals surface area contributed by atoms with Gasteiger partial charge in [-0.3, -0.25) is 4.79 Å². The van der Waals surface area contributed by atoms with E-state index in [1.807, 2.05) is 6.08 Å². The van der Waals surface area contributed by atoms with Crippen LogP contribution in [-0.4, -0.2) is 23.6 Å². The van der Waals surface area contributed by atoms with Gasteiger partial charge in [0.15, 0.2) is 5.78 Å². The number of halogens is 1. The Morgan fingerprint density at radius 3 is 2.82 bits per heavy atom. The second kappa shape index (κ2) is 9.65. The third-order valence-electron chi connectivity index (χ3n) is 3.55. The van der Waals surface area contributed by atoms with Crippen LogP contribution in [0.4, 0.5) is 0 Å². The van der Waals surface area contributed by atoms with Gasteiger partial charge in [0.1, 0.15) is 11.9 Å². The summed E-state index contributed by atoms with van der Waals surface area (Å²) in [5, 5.41) is 10.2. The number of carbonyl (C=O) groups is 1. The normalized spacial score (nSPS) is 13.2. The van der Waals surface area contributed by atoms with Crippen LogP contribution < -0.4 is 0 Å². The molecule has 4 heteroatoms. The van der Waals surface area contributed by atoms with Crippen LogP contribution in [0.25, 0.3) is 0 Å². The molecule has 122 valence electrons. The fourth-order valence-corrected chi connectivity index (χ4v) is 2.26. The number of rotatable bonds is 9. The summed E-state index contributed by atoms with van der Waals surface area (Å²) in [6, 6.07) is 4.42. The van der Waals surface area contributed by atoms with Crippen LogP contribution in [0.1, 0.15) is 56.8 Å². The summed E-state index contributed by atoms with van der Waals surface area (Å²) in [6.45, 7) is 6.34. The van der Waals surface area contributed by atoms with Crippen molar-refractivity contribution in [3.8, 4) is 5.75 Å². The van der Waals surface area contributed by atoms with Crippen LogP contribution in [0.2, 0.25) is 5.02 Å². The van der Waals surface area contributed by atoms with E-state index in [0.717, 1.165) is 6.42 Å². The van der Waals surface area contributed by atoms with E-state index in [1.54, 1.807) is 13.0 Å². The van der Waals surface area contributed by atoms with Gasteiger partial charge in [-0.2, -0.15) is 0 Å². The minimum absolute atomic E-state index is 0.0730. The first-order valence-corrected chi connectivity index (χ1v) is 8.13. The van der Waals surface area contributed by atoms with Gasteiger partial charge in [-0.15, -0.1) is 0 Å². The molecule has 1 aromatic carbocycles. The molecule has 0 aliphatic rings. The zero-order chi connectivity index (χ0) is 16.5. The third-order valence-corrected chi connectivity index (χ3v) is 3.78. The molecule has 1 unspecified atom stereocenters. The fraction of sp³-hybridized carbons (Fsp3) is 0.500. The predicted molar refractivity (Wildman–Crippen MR) is 90.8 cm³/mol. The van der Waals surface area contributed by atoms with Crippen LogP contribution >= 0.6 is 11.6 Å². The number of ketones is 1. The highest BCUT2D eigenvalue weighted by Crippen LogP contribution is 2.23. The maximum atomic E-state index is 12.2. The molecule has 1 N–H and O–H groups in total. The number of unbranched alkanes of at least 4 members (excludes halogenated alkanes) is 2. The summed E-state index contributed by atoms with van der Waals surface area (Å²) < 4.78 is 5.55. The van der Waals surface area contributed by atoms with E-state index < -0.39 is 6.10 Å². The molecule has 22 heavy (non-hydrogen) atoms. The molecule has 0 spiro atoms. The number of hydrogen-bond donors (Lipinski definition) is 1. The molecule has 0 heterocycles. The number of hydrogen-bond acceptors (Lipinski definition) is 3. The first-order chi connectivity index (χ1) is 10.5. The van der Waals surface area contributed by atoms with Gasteiger partial charge in [0.2, 0.25) is 0 Å². The van der Waals surface area contributed by atoms with E-state index in [2.05, 4.69) is 13.8 Å². The summed E-state index contributed by atoms with van der Waals surface area (Å²) in [4.78, 5) is 12.2. The highest BCUT2D eigenvalue weighted by Gasteiger charge is 2.19. The Morgan fingerprint density at radius 1 is 1.41 bits per heavy atom. The SMILES string of the molecule is CCCCC/C(C)=C/COC(C)C(=O)c1cc(Cl)ccc1O. The molecule has 0 fully saturated rings. The number of carbonyl (C=O) groups excluding carboxylic acids is 1. The quantitative estimate of drug-likeness (QED) is 0.387. The second-order valence-corrected chi connectivity index (χ2v) is 5.95. The van der Waals surface area contributed by atoms with E-state index in [4.69, 9.17) is 16.3 Å². The molecular weight excluding hydrogens is 300 g/mol. The van der Waals surface area contributed by atoms with Crippen LogP contribution in [0.5, 0.6) is 5.75 Å². The van der Waals surface area contributed by atoms with Crippen LogP contribution in [0, 0.1) is 0 Å². The van der Waals surface area contributed by atoms with Crippen molar-refractivity contribution in [2.45, 2.75) is 52.6 Å². The number of Topliss-reactive ketones (excluding diaryl/α,β-unsaturated/α-hetero) is 1. The topological polar surface area (TPSA) is 46.5 Å². The van der Waals surface area contributed by atoms with Crippen molar-refractivity contribution >= 4 is 17.4 Å². The average molecular weight is 325 g/mol. The van der Waals surface area contributed by atoms with E-state index in [0.29, 0.717) is 11.6 Å². The lowest BCUT2D eigenvalue weighted by Crippen LogP contribution is -2.21. The van der Waals surface area contributed by atoms with Gasteiger partial charge in [0.25, 0.3) is 0 Å². The largest absolute Gasteiger partial charge is 0.507 e. The standard InChI is InChI=1S/C18H25ClO3/c1-4-5-6-7-13(2)10-11-22-14(3)18(21)16-12-15(19)8-9-17(16)20/h8-10,12,14,20H,4-7,11H2,1-3H3/b13-10+.